The second-order valence-electron chi connectivity index (χ2n) is 9.91. The zero-order chi connectivity index (χ0) is 28.1. The average Bonchev–Trinajstić information content (AvgIpc) is 2.92. The van der Waals surface area contributed by atoms with Crippen LogP contribution in [0.3, 0.4) is 0 Å². The molecule has 1 heterocycles. The van der Waals surface area contributed by atoms with Crippen molar-refractivity contribution < 1.29 is 34.1 Å². The van der Waals surface area contributed by atoms with Crippen LogP contribution in [0.1, 0.15) is 51.0 Å². The van der Waals surface area contributed by atoms with Gasteiger partial charge in [0.25, 0.3) is 0 Å². The van der Waals surface area contributed by atoms with Gasteiger partial charge in [-0.25, -0.2) is 9.59 Å². The van der Waals surface area contributed by atoms with Crippen molar-refractivity contribution in [2.24, 2.45) is 5.92 Å². The first-order valence-electron chi connectivity index (χ1n) is 13.2. The Labute approximate surface area is 225 Å². The smallest absolute Gasteiger partial charge is 0.414 e. The number of carboxylic acid groups (broad SMARTS) is 2. The molecule has 1 saturated carbocycles. The summed E-state index contributed by atoms with van der Waals surface area (Å²) in [5.41, 5.74) is 0.820. The Kier molecular flexibility index (Phi) is 13.1. The molecule has 2 unspecified atom stereocenters. The number of aliphatic carboxylic acids is 2. The molecule has 1 saturated heterocycles. The highest BCUT2D eigenvalue weighted by atomic mass is 16.5. The fourth-order valence-corrected chi connectivity index (χ4v) is 5.25. The number of nitrogens with one attached hydrogen (secondary N) is 1. The Morgan fingerprint density at radius 2 is 1.71 bits per heavy atom. The number of likely N-dealkylation sites (tertiary alicyclic amines) is 1. The first-order chi connectivity index (χ1) is 18.2. The van der Waals surface area contributed by atoms with Crippen molar-refractivity contribution in [2.45, 2.75) is 57.5 Å². The molecule has 1 aliphatic heterocycles. The van der Waals surface area contributed by atoms with Crippen LogP contribution in [0.15, 0.2) is 24.3 Å². The zero-order valence-electron chi connectivity index (χ0n) is 23.0. The zero-order valence-corrected chi connectivity index (χ0v) is 23.0. The van der Waals surface area contributed by atoms with Gasteiger partial charge in [0.1, 0.15) is 11.5 Å². The summed E-state index contributed by atoms with van der Waals surface area (Å²) in [4.78, 5) is 35.6. The molecule has 0 aromatic heterocycles. The van der Waals surface area contributed by atoms with E-state index in [1.165, 1.54) is 38.5 Å². The van der Waals surface area contributed by atoms with E-state index >= 15 is 0 Å². The van der Waals surface area contributed by atoms with Gasteiger partial charge in [-0.05, 0) is 76.0 Å². The number of hydrogen-bond donors (Lipinski definition) is 3. The van der Waals surface area contributed by atoms with E-state index < -0.39 is 11.9 Å². The number of amides is 1. The van der Waals surface area contributed by atoms with Gasteiger partial charge in [-0.15, -0.1) is 0 Å². The summed E-state index contributed by atoms with van der Waals surface area (Å²) in [6.07, 6.45) is 11.3. The van der Waals surface area contributed by atoms with Crippen molar-refractivity contribution in [2.75, 3.05) is 47.4 Å². The molecular formula is C28H43N3O7. The molecule has 0 bridgehead atoms. The SMILES string of the molecule is COc1ccc(OC)c(C=CC(=O)NCCN2CCC(N(C)C3CCCCC3C)CC2)c1.O=C(O)C(=O)O. The number of nitrogens with zero attached hydrogens (tertiary/aromatic N) is 2. The molecule has 0 spiro atoms. The molecule has 10 nitrogen and oxygen atoms in total. The number of piperidine rings is 1. The third-order valence-corrected chi connectivity index (χ3v) is 7.48. The predicted molar refractivity (Wildman–Crippen MR) is 146 cm³/mol. The van der Waals surface area contributed by atoms with Crippen molar-refractivity contribution in [3.63, 3.8) is 0 Å². The summed E-state index contributed by atoms with van der Waals surface area (Å²) in [5, 5.41) is 17.8. The van der Waals surface area contributed by atoms with Gasteiger partial charge in [0, 0.05) is 36.8 Å². The second kappa shape index (κ2) is 16.0. The molecule has 3 rings (SSSR count). The third-order valence-electron chi connectivity index (χ3n) is 7.48. The molecule has 212 valence electrons. The molecule has 1 aliphatic carbocycles. The van der Waals surface area contributed by atoms with Crippen LogP contribution >= 0.6 is 0 Å². The highest BCUT2D eigenvalue weighted by molar-refractivity contribution is 6.27. The normalized spacial score (nSPS) is 20.4. The Hall–Kier alpha value is -3.11. The van der Waals surface area contributed by atoms with Crippen LogP contribution in [0, 0.1) is 5.92 Å². The minimum Gasteiger partial charge on any atom is -0.497 e. The standard InChI is InChI=1S/C26H41N3O3.C2H2O4/c1-20-7-5-6-8-24(20)28(2)22-13-16-29(17-14-22)18-15-27-26(30)12-9-21-19-23(31-3)10-11-25(21)32-4;3-1(4)2(5)6/h9-12,19-20,22,24H,5-8,13-18H2,1-4H3,(H,27,30);(H,3,4)(H,5,6). The maximum atomic E-state index is 12.3. The Morgan fingerprint density at radius 1 is 1.05 bits per heavy atom. The highest BCUT2D eigenvalue weighted by Crippen LogP contribution is 2.30. The van der Waals surface area contributed by atoms with Crippen LogP contribution < -0.4 is 14.8 Å². The van der Waals surface area contributed by atoms with Crippen LogP contribution in [0.5, 0.6) is 11.5 Å². The number of methoxy groups -OCH3 is 2. The highest BCUT2D eigenvalue weighted by Gasteiger charge is 2.31. The number of carbonyl (C=O) groups is 3. The fraction of sp³-hybridized carbons (Fsp3) is 0.607. The molecule has 1 aromatic rings. The van der Waals surface area contributed by atoms with Crippen LogP contribution in [0.2, 0.25) is 0 Å². The van der Waals surface area contributed by atoms with Crippen molar-refractivity contribution in [3.8, 4) is 11.5 Å². The van der Waals surface area contributed by atoms with E-state index in [1.54, 1.807) is 26.4 Å². The van der Waals surface area contributed by atoms with Gasteiger partial charge in [0.05, 0.1) is 14.2 Å². The quantitative estimate of drug-likeness (QED) is 0.324. The molecule has 1 aromatic carbocycles. The van der Waals surface area contributed by atoms with E-state index in [0.29, 0.717) is 18.3 Å². The van der Waals surface area contributed by atoms with Gasteiger partial charge in [-0.2, -0.15) is 0 Å². The Bertz CT molecular complexity index is 932. The van der Waals surface area contributed by atoms with Crippen LogP contribution in [0.4, 0.5) is 0 Å². The van der Waals surface area contributed by atoms with Crippen molar-refractivity contribution in [1.82, 2.24) is 15.1 Å². The van der Waals surface area contributed by atoms with E-state index in [-0.39, 0.29) is 5.91 Å². The fourth-order valence-electron chi connectivity index (χ4n) is 5.25. The lowest BCUT2D eigenvalue weighted by Crippen LogP contribution is -2.50. The maximum Gasteiger partial charge on any atom is 0.414 e. The van der Waals surface area contributed by atoms with Gasteiger partial charge in [0.15, 0.2) is 0 Å². The Balaban J connectivity index is 0.000000757. The van der Waals surface area contributed by atoms with Crippen molar-refractivity contribution in [1.29, 1.82) is 0 Å². The molecule has 2 atom stereocenters. The summed E-state index contributed by atoms with van der Waals surface area (Å²) in [6.45, 7) is 6.22. The van der Waals surface area contributed by atoms with Crippen LogP contribution in [-0.2, 0) is 14.4 Å². The first-order valence-corrected chi connectivity index (χ1v) is 13.2. The average molecular weight is 534 g/mol. The second-order valence-corrected chi connectivity index (χ2v) is 9.91. The van der Waals surface area contributed by atoms with E-state index in [1.807, 2.05) is 18.2 Å². The van der Waals surface area contributed by atoms with E-state index in [0.717, 1.165) is 42.9 Å². The van der Waals surface area contributed by atoms with Gasteiger partial charge in [0.2, 0.25) is 5.91 Å². The number of carbonyl (C=O) groups excluding carboxylic acids is 1. The van der Waals surface area contributed by atoms with E-state index in [4.69, 9.17) is 29.3 Å². The van der Waals surface area contributed by atoms with Crippen LogP contribution in [-0.4, -0.2) is 97.4 Å². The molecule has 3 N–H and O–H groups in total. The summed E-state index contributed by atoms with van der Waals surface area (Å²) in [5.74, 6) is -1.46. The molecule has 0 radical (unpaired) electrons. The third kappa shape index (κ3) is 9.98. The molecule has 2 fully saturated rings. The number of carboxylic acids is 2. The van der Waals surface area contributed by atoms with Gasteiger partial charge in [-0.3, -0.25) is 4.79 Å². The number of benzene rings is 1. The number of hydrogen-bond acceptors (Lipinski definition) is 7. The molecular weight excluding hydrogens is 490 g/mol. The lowest BCUT2D eigenvalue weighted by atomic mass is 9.84. The summed E-state index contributed by atoms with van der Waals surface area (Å²) < 4.78 is 10.6. The van der Waals surface area contributed by atoms with Crippen molar-refractivity contribution in [3.05, 3.63) is 29.8 Å². The largest absolute Gasteiger partial charge is 0.497 e. The monoisotopic (exact) mass is 533 g/mol. The maximum absolute atomic E-state index is 12.3. The lowest BCUT2D eigenvalue weighted by molar-refractivity contribution is -0.159. The number of rotatable bonds is 9. The van der Waals surface area contributed by atoms with Gasteiger partial charge >= 0.3 is 11.9 Å². The minimum atomic E-state index is -1.82. The summed E-state index contributed by atoms with van der Waals surface area (Å²) in [6, 6.07) is 7.00. The summed E-state index contributed by atoms with van der Waals surface area (Å²) >= 11 is 0. The van der Waals surface area contributed by atoms with E-state index in [9.17, 15) is 4.79 Å². The van der Waals surface area contributed by atoms with E-state index in [2.05, 4.69) is 29.1 Å². The predicted octanol–water partition coefficient (Wildman–Crippen LogP) is 2.96. The molecule has 38 heavy (non-hydrogen) atoms. The topological polar surface area (TPSA) is 129 Å². The van der Waals surface area contributed by atoms with Crippen LogP contribution in [0.25, 0.3) is 6.08 Å². The molecule has 10 heteroatoms. The van der Waals surface area contributed by atoms with Gasteiger partial charge in [-0.1, -0.05) is 19.8 Å². The lowest BCUT2D eigenvalue weighted by Gasteiger charge is -2.44. The minimum absolute atomic E-state index is 0.0872. The van der Waals surface area contributed by atoms with Crippen molar-refractivity contribution >= 4 is 23.9 Å². The molecule has 2 aliphatic rings. The number of ether oxygens (including phenoxy) is 2. The van der Waals surface area contributed by atoms with Gasteiger partial charge < -0.3 is 34.8 Å². The first kappa shape index (κ1) is 31.1. The Morgan fingerprint density at radius 3 is 2.29 bits per heavy atom. The summed E-state index contributed by atoms with van der Waals surface area (Å²) in [7, 11) is 5.59. The molecule has 1 amide bonds.